The van der Waals surface area contributed by atoms with Crippen LogP contribution < -0.4 is 0 Å². The van der Waals surface area contributed by atoms with Crippen LogP contribution in [0.5, 0.6) is 0 Å². The Balaban J connectivity index is 2.19. The van der Waals surface area contributed by atoms with Gasteiger partial charge in [0, 0.05) is 5.56 Å². The Kier molecular flexibility index (Phi) is 6.42. The molecule has 0 saturated carbocycles. The number of aliphatic hydroxyl groups excluding tert-OH is 1. The first-order valence-electron chi connectivity index (χ1n) is 7.50. The normalized spacial score (nSPS) is 14.0. The maximum Gasteiger partial charge on any atom is 0.348 e. The van der Waals surface area contributed by atoms with E-state index in [0.717, 1.165) is 0 Å². The molecule has 8 heteroatoms. The van der Waals surface area contributed by atoms with E-state index < -0.39 is 36.4 Å². The molecule has 136 valence electrons. The van der Waals surface area contributed by atoms with Crippen LogP contribution >= 0.6 is 0 Å². The van der Waals surface area contributed by atoms with E-state index in [1.165, 1.54) is 36.4 Å². The van der Waals surface area contributed by atoms with Crippen LogP contribution in [0, 0.1) is 0 Å². The Hall–Kier alpha value is -3.23. The molecule has 0 amide bonds. The van der Waals surface area contributed by atoms with E-state index in [4.69, 9.17) is 9.47 Å². The first-order valence-corrected chi connectivity index (χ1v) is 7.50. The van der Waals surface area contributed by atoms with E-state index >= 15 is 0 Å². The maximum absolute atomic E-state index is 12.0. The van der Waals surface area contributed by atoms with Crippen LogP contribution in [0.25, 0.3) is 0 Å². The van der Waals surface area contributed by atoms with Gasteiger partial charge >= 0.3 is 17.9 Å². The lowest BCUT2D eigenvalue weighted by Gasteiger charge is -2.23. The number of carbonyl (C=O) groups excluding carboxylic acids is 1. The zero-order chi connectivity index (χ0) is 19.1. The first-order chi connectivity index (χ1) is 12.4. The second-order valence-electron chi connectivity index (χ2n) is 5.19. The molecule has 3 N–H and O–H groups in total. The van der Waals surface area contributed by atoms with Gasteiger partial charge in [0.15, 0.2) is 6.29 Å². The van der Waals surface area contributed by atoms with Crippen molar-refractivity contribution in [1.82, 2.24) is 0 Å². The second-order valence-corrected chi connectivity index (χ2v) is 5.19. The number of hydrogen-bond acceptors (Lipinski definition) is 6. The molecular formula is C18H16O8. The molecule has 3 atom stereocenters. The lowest BCUT2D eigenvalue weighted by atomic mass is 10.1. The van der Waals surface area contributed by atoms with Gasteiger partial charge in [0.25, 0.3) is 0 Å². The quantitative estimate of drug-likeness (QED) is 0.476. The van der Waals surface area contributed by atoms with E-state index in [1.54, 1.807) is 24.3 Å². The van der Waals surface area contributed by atoms with Crippen molar-refractivity contribution in [1.29, 1.82) is 0 Å². The van der Waals surface area contributed by atoms with E-state index in [2.05, 4.69) is 0 Å². The number of rotatable bonds is 8. The van der Waals surface area contributed by atoms with Gasteiger partial charge in [0.1, 0.15) is 0 Å². The van der Waals surface area contributed by atoms with E-state index in [1.807, 2.05) is 0 Å². The summed E-state index contributed by atoms with van der Waals surface area (Å²) in [4.78, 5) is 34.9. The highest BCUT2D eigenvalue weighted by Gasteiger charge is 2.40. The van der Waals surface area contributed by atoms with Crippen molar-refractivity contribution in [2.24, 2.45) is 0 Å². The van der Waals surface area contributed by atoms with Crippen molar-refractivity contribution in [3.05, 3.63) is 71.8 Å². The lowest BCUT2D eigenvalue weighted by Crippen LogP contribution is -2.45. The SMILES string of the molecule is O=C(O[C@H](C(=O)O)[C@H](OC(O)c1ccccc1)C(=O)O)c1ccccc1. The highest BCUT2D eigenvalue weighted by Crippen LogP contribution is 2.19. The molecule has 1 unspecified atom stereocenters. The van der Waals surface area contributed by atoms with Crippen molar-refractivity contribution >= 4 is 17.9 Å². The van der Waals surface area contributed by atoms with Crippen LogP contribution in [-0.4, -0.2) is 45.4 Å². The van der Waals surface area contributed by atoms with Crippen LogP contribution in [0.2, 0.25) is 0 Å². The fourth-order valence-electron chi connectivity index (χ4n) is 2.09. The summed E-state index contributed by atoms with van der Waals surface area (Å²) in [5, 5.41) is 28.6. The van der Waals surface area contributed by atoms with Crippen LogP contribution in [0.3, 0.4) is 0 Å². The van der Waals surface area contributed by atoms with Gasteiger partial charge in [-0.3, -0.25) is 0 Å². The highest BCUT2D eigenvalue weighted by molar-refractivity contribution is 5.92. The molecule has 2 rings (SSSR count). The predicted molar refractivity (Wildman–Crippen MR) is 87.2 cm³/mol. The standard InChI is InChI=1S/C18H16O8/c19-15(20)13(25-17(23)11-7-3-1-4-8-11)14(16(21)22)26-18(24)12-9-5-2-6-10-12/h1-10,13-14,17,23H,(H,19,20)(H,21,22)/t13-,14-,17?/m0/s1. The van der Waals surface area contributed by atoms with Gasteiger partial charge in [-0.2, -0.15) is 0 Å². The largest absolute Gasteiger partial charge is 0.479 e. The summed E-state index contributed by atoms with van der Waals surface area (Å²) in [7, 11) is 0. The van der Waals surface area contributed by atoms with Crippen LogP contribution in [0.15, 0.2) is 60.7 Å². The molecule has 0 heterocycles. The Labute approximate surface area is 148 Å². The average Bonchev–Trinajstić information content (AvgIpc) is 2.65. The van der Waals surface area contributed by atoms with Crippen molar-refractivity contribution in [2.75, 3.05) is 0 Å². The zero-order valence-corrected chi connectivity index (χ0v) is 13.4. The second kappa shape index (κ2) is 8.75. The van der Waals surface area contributed by atoms with Gasteiger partial charge in [-0.15, -0.1) is 0 Å². The summed E-state index contributed by atoms with van der Waals surface area (Å²) in [5.41, 5.74) is 0.267. The number of carboxylic acid groups (broad SMARTS) is 2. The predicted octanol–water partition coefficient (Wildman–Crippen LogP) is 1.46. The Morgan fingerprint density at radius 3 is 1.77 bits per heavy atom. The number of benzene rings is 2. The number of aliphatic hydroxyl groups is 1. The van der Waals surface area contributed by atoms with Gasteiger partial charge in [0.05, 0.1) is 5.56 Å². The third-order valence-corrected chi connectivity index (χ3v) is 3.37. The smallest absolute Gasteiger partial charge is 0.348 e. The summed E-state index contributed by atoms with van der Waals surface area (Å²) in [5.74, 6) is -4.45. The molecular weight excluding hydrogens is 344 g/mol. The van der Waals surface area contributed by atoms with Crippen molar-refractivity contribution in [2.45, 2.75) is 18.5 Å². The van der Waals surface area contributed by atoms with Gasteiger partial charge < -0.3 is 24.8 Å². The van der Waals surface area contributed by atoms with E-state index in [9.17, 15) is 29.7 Å². The number of carboxylic acids is 2. The Morgan fingerprint density at radius 1 is 0.769 bits per heavy atom. The monoisotopic (exact) mass is 360 g/mol. The van der Waals surface area contributed by atoms with Gasteiger partial charge in [-0.25, -0.2) is 14.4 Å². The number of carbonyl (C=O) groups is 3. The first kappa shape index (κ1) is 19.1. The summed E-state index contributed by atoms with van der Waals surface area (Å²) < 4.78 is 9.76. The minimum Gasteiger partial charge on any atom is -0.479 e. The van der Waals surface area contributed by atoms with Gasteiger partial charge in [-0.1, -0.05) is 48.5 Å². The summed E-state index contributed by atoms with van der Waals surface area (Å²) in [6.45, 7) is 0. The topological polar surface area (TPSA) is 130 Å². The van der Waals surface area contributed by atoms with Gasteiger partial charge in [-0.05, 0) is 12.1 Å². The van der Waals surface area contributed by atoms with Gasteiger partial charge in [0.2, 0.25) is 12.2 Å². The molecule has 0 radical (unpaired) electrons. The number of hydrogen-bond donors (Lipinski definition) is 3. The fourth-order valence-corrected chi connectivity index (χ4v) is 2.09. The summed E-state index contributed by atoms with van der Waals surface area (Å²) in [6, 6.07) is 15.3. The molecule has 0 bridgehead atoms. The van der Waals surface area contributed by atoms with Crippen LogP contribution in [0.1, 0.15) is 22.2 Å². The molecule has 0 saturated heterocycles. The van der Waals surface area contributed by atoms with Crippen molar-refractivity contribution in [3.63, 3.8) is 0 Å². The maximum atomic E-state index is 12.0. The molecule has 0 aliphatic heterocycles. The molecule has 0 aromatic heterocycles. The Bertz CT molecular complexity index is 759. The fraction of sp³-hybridized carbons (Fsp3) is 0.167. The van der Waals surface area contributed by atoms with Crippen LogP contribution in [0.4, 0.5) is 0 Å². The van der Waals surface area contributed by atoms with E-state index in [0.29, 0.717) is 0 Å². The number of ether oxygens (including phenoxy) is 2. The molecule has 2 aromatic rings. The highest BCUT2D eigenvalue weighted by atomic mass is 16.6. The lowest BCUT2D eigenvalue weighted by molar-refractivity contribution is -0.199. The minimum atomic E-state index is -2.15. The molecule has 0 aliphatic carbocycles. The average molecular weight is 360 g/mol. The summed E-state index contributed by atoms with van der Waals surface area (Å²) >= 11 is 0. The third-order valence-electron chi connectivity index (χ3n) is 3.37. The molecule has 8 nitrogen and oxygen atoms in total. The number of aliphatic carboxylic acids is 2. The van der Waals surface area contributed by atoms with Crippen molar-refractivity contribution < 1.29 is 39.2 Å². The van der Waals surface area contributed by atoms with Crippen LogP contribution in [-0.2, 0) is 19.1 Å². The zero-order valence-electron chi connectivity index (χ0n) is 13.4. The number of esters is 1. The van der Waals surface area contributed by atoms with E-state index in [-0.39, 0.29) is 11.1 Å². The minimum absolute atomic E-state index is 0.0477. The summed E-state index contributed by atoms with van der Waals surface area (Å²) in [6.07, 6.45) is -5.98. The molecule has 0 fully saturated rings. The Morgan fingerprint density at radius 2 is 1.27 bits per heavy atom. The molecule has 2 aromatic carbocycles. The molecule has 0 spiro atoms. The third kappa shape index (κ3) is 4.88. The molecule has 0 aliphatic rings. The van der Waals surface area contributed by atoms with Crippen molar-refractivity contribution in [3.8, 4) is 0 Å². The molecule has 26 heavy (non-hydrogen) atoms.